The normalized spacial score (nSPS) is 14.7. The Kier molecular flexibility index (Phi) is 6.89. The number of aromatic nitrogens is 1. The second-order valence-corrected chi connectivity index (χ2v) is 8.80. The first-order valence-corrected chi connectivity index (χ1v) is 11.9. The Morgan fingerprint density at radius 1 is 1.27 bits per heavy atom. The number of thiazole rings is 1. The maximum atomic E-state index is 13.6. The van der Waals surface area contributed by atoms with Crippen molar-refractivity contribution in [3.63, 3.8) is 0 Å². The molecule has 6 nitrogen and oxygen atoms in total. The van der Waals surface area contributed by atoms with Crippen LogP contribution in [0.15, 0.2) is 47.4 Å². The zero-order valence-corrected chi connectivity index (χ0v) is 18.8. The molecule has 1 fully saturated rings. The molecule has 1 amide bonds. The summed E-state index contributed by atoms with van der Waals surface area (Å²) in [5.74, 6) is 0.748. The average molecular weight is 444 g/mol. The largest absolute Gasteiger partial charge is 0.497 e. The van der Waals surface area contributed by atoms with Crippen molar-refractivity contribution in [1.82, 2.24) is 9.88 Å². The van der Waals surface area contributed by atoms with Crippen molar-refractivity contribution < 1.29 is 14.3 Å². The molecule has 158 valence electrons. The van der Waals surface area contributed by atoms with Crippen molar-refractivity contribution >= 4 is 44.4 Å². The monoisotopic (exact) mass is 443 g/mol. The number of carbonyl (C=O) groups excluding carboxylic acids is 1. The minimum Gasteiger partial charge on any atom is -0.497 e. The fraction of sp³-hybridized carbons (Fsp3) is 0.364. The first-order chi connectivity index (χ1) is 14.7. The Bertz CT molecular complexity index is 1020. The van der Waals surface area contributed by atoms with Crippen LogP contribution in [0.2, 0.25) is 0 Å². The quantitative estimate of drug-likeness (QED) is 0.515. The van der Waals surface area contributed by atoms with E-state index in [4.69, 9.17) is 14.5 Å². The van der Waals surface area contributed by atoms with Crippen LogP contribution in [0.25, 0.3) is 10.2 Å². The minimum absolute atomic E-state index is 0.0146. The van der Waals surface area contributed by atoms with Gasteiger partial charge >= 0.3 is 0 Å². The van der Waals surface area contributed by atoms with E-state index >= 15 is 0 Å². The standard InChI is InChI=1S/C22H25N3O3S2/c1-27-16-7-8-20-18(15-16)23-22(30-20)25(10-9-24-11-13-28-14-12-24)21(26)17-5-3-4-6-19(17)29-2/h3-8,15H,9-14H2,1-2H3. The van der Waals surface area contributed by atoms with Gasteiger partial charge in [0.1, 0.15) is 5.75 Å². The number of ether oxygens (including phenoxy) is 2. The summed E-state index contributed by atoms with van der Waals surface area (Å²) in [5.41, 5.74) is 1.56. The molecule has 1 saturated heterocycles. The summed E-state index contributed by atoms with van der Waals surface area (Å²) in [4.78, 5) is 23.5. The number of carbonyl (C=O) groups is 1. The van der Waals surface area contributed by atoms with Gasteiger partial charge in [-0.3, -0.25) is 14.6 Å². The number of amides is 1. The average Bonchev–Trinajstić information content (AvgIpc) is 3.22. The van der Waals surface area contributed by atoms with Gasteiger partial charge in [-0.05, 0) is 30.5 Å². The zero-order chi connectivity index (χ0) is 20.9. The lowest BCUT2D eigenvalue weighted by molar-refractivity contribution is 0.0391. The number of hydrogen-bond acceptors (Lipinski definition) is 7. The molecule has 1 aliphatic heterocycles. The first kappa shape index (κ1) is 21.1. The molecule has 0 saturated carbocycles. The van der Waals surface area contributed by atoms with Gasteiger partial charge < -0.3 is 9.47 Å². The third kappa shape index (κ3) is 4.62. The highest BCUT2D eigenvalue weighted by atomic mass is 32.2. The Morgan fingerprint density at radius 3 is 2.83 bits per heavy atom. The number of nitrogens with zero attached hydrogens (tertiary/aromatic N) is 3. The highest BCUT2D eigenvalue weighted by Crippen LogP contribution is 2.33. The molecule has 8 heteroatoms. The SMILES string of the molecule is COc1ccc2sc(N(CCN3CCOCC3)C(=O)c3ccccc3SC)nc2c1. The number of hydrogen-bond donors (Lipinski definition) is 0. The van der Waals surface area contributed by atoms with Gasteiger partial charge in [-0.15, -0.1) is 11.8 Å². The van der Waals surface area contributed by atoms with E-state index in [1.54, 1.807) is 18.9 Å². The molecule has 0 spiro atoms. The van der Waals surface area contributed by atoms with Crippen LogP contribution in [0.5, 0.6) is 5.75 Å². The van der Waals surface area contributed by atoms with Gasteiger partial charge in [0.05, 0.1) is 36.1 Å². The highest BCUT2D eigenvalue weighted by Gasteiger charge is 2.24. The molecule has 3 aromatic rings. The third-order valence-electron chi connectivity index (χ3n) is 5.14. The Morgan fingerprint density at radius 2 is 2.07 bits per heavy atom. The van der Waals surface area contributed by atoms with Crippen LogP contribution in [0, 0.1) is 0 Å². The van der Waals surface area contributed by atoms with Crippen LogP contribution in [0.3, 0.4) is 0 Å². The van der Waals surface area contributed by atoms with E-state index in [-0.39, 0.29) is 5.91 Å². The van der Waals surface area contributed by atoms with E-state index < -0.39 is 0 Å². The summed E-state index contributed by atoms with van der Waals surface area (Å²) in [6.07, 6.45) is 1.99. The molecule has 1 aromatic heterocycles. The maximum Gasteiger partial charge on any atom is 0.261 e. The topological polar surface area (TPSA) is 54.9 Å². The van der Waals surface area contributed by atoms with E-state index in [0.717, 1.165) is 53.7 Å². The molecule has 0 radical (unpaired) electrons. The molecular formula is C22H25N3O3S2. The van der Waals surface area contributed by atoms with Gasteiger partial charge in [0.25, 0.3) is 5.91 Å². The van der Waals surface area contributed by atoms with Crippen molar-refractivity contribution in [2.75, 3.05) is 57.7 Å². The van der Waals surface area contributed by atoms with Gasteiger partial charge in [-0.25, -0.2) is 4.98 Å². The van der Waals surface area contributed by atoms with Crippen LogP contribution in [0.4, 0.5) is 5.13 Å². The fourth-order valence-electron chi connectivity index (χ4n) is 3.45. The number of rotatable bonds is 7. The van der Waals surface area contributed by atoms with Crippen molar-refractivity contribution in [2.45, 2.75) is 4.90 Å². The Balaban J connectivity index is 1.66. The van der Waals surface area contributed by atoms with E-state index in [2.05, 4.69) is 4.90 Å². The molecule has 0 bridgehead atoms. The Hall–Kier alpha value is -2.13. The van der Waals surface area contributed by atoms with E-state index in [0.29, 0.717) is 17.2 Å². The van der Waals surface area contributed by atoms with Gasteiger partial charge in [0, 0.05) is 37.1 Å². The second-order valence-electron chi connectivity index (χ2n) is 6.94. The number of benzene rings is 2. The summed E-state index contributed by atoms with van der Waals surface area (Å²) in [6.45, 7) is 4.63. The van der Waals surface area contributed by atoms with Crippen LogP contribution < -0.4 is 9.64 Å². The van der Waals surface area contributed by atoms with Crippen molar-refractivity contribution in [2.24, 2.45) is 0 Å². The van der Waals surface area contributed by atoms with Crippen molar-refractivity contribution in [3.05, 3.63) is 48.0 Å². The fourth-order valence-corrected chi connectivity index (χ4v) is 5.01. The van der Waals surface area contributed by atoms with E-state index in [1.165, 1.54) is 11.3 Å². The lowest BCUT2D eigenvalue weighted by Crippen LogP contribution is -2.43. The summed E-state index contributed by atoms with van der Waals surface area (Å²) >= 11 is 3.12. The Labute approximate surface area is 184 Å². The lowest BCUT2D eigenvalue weighted by atomic mass is 10.2. The second kappa shape index (κ2) is 9.78. The summed E-state index contributed by atoms with van der Waals surface area (Å²) in [5, 5.41) is 0.715. The van der Waals surface area contributed by atoms with Crippen LogP contribution >= 0.6 is 23.1 Å². The lowest BCUT2D eigenvalue weighted by Gasteiger charge is -2.29. The van der Waals surface area contributed by atoms with E-state index in [1.807, 2.05) is 53.6 Å². The van der Waals surface area contributed by atoms with Crippen LogP contribution in [-0.4, -0.2) is 68.5 Å². The molecule has 2 aromatic carbocycles. The molecule has 30 heavy (non-hydrogen) atoms. The van der Waals surface area contributed by atoms with Crippen molar-refractivity contribution in [1.29, 1.82) is 0 Å². The smallest absolute Gasteiger partial charge is 0.261 e. The molecule has 0 aliphatic carbocycles. The first-order valence-electron chi connectivity index (χ1n) is 9.89. The predicted molar refractivity (Wildman–Crippen MR) is 123 cm³/mol. The molecule has 4 rings (SSSR count). The molecule has 0 atom stereocenters. The molecule has 0 unspecified atom stereocenters. The molecule has 0 N–H and O–H groups in total. The van der Waals surface area contributed by atoms with E-state index in [9.17, 15) is 4.79 Å². The molecule has 2 heterocycles. The number of fused-ring (bicyclic) bond motifs is 1. The van der Waals surface area contributed by atoms with Gasteiger partial charge in [0.15, 0.2) is 5.13 Å². The summed E-state index contributed by atoms with van der Waals surface area (Å²) < 4.78 is 11.8. The van der Waals surface area contributed by atoms with Crippen LogP contribution in [0.1, 0.15) is 10.4 Å². The van der Waals surface area contributed by atoms with Crippen LogP contribution in [-0.2, 0) is 4.74 Å². The zero-order valence-electron chi connectivity index (χ0n) is 17.2. The maximum absolute atomic E-state index is 13.6. The summed E-state index contributed by atoms with van der Waals surface area (Å²) in [6, 6.07) is 13.6. The number of thioether (sulfide) groups is 1. The molecular weight excluding hydrogens is 418 g/mol. The number of morpholine rings is 1. The number of methoxy groups -OCH3 is 1. The number of anilines is 1. The van der Waals surface area contributed by atoms with Gasteiger partial charge in [0.2, 0.25) is 0 Å². The molecule has 1 aliphatic rings. The van der Waals surface area contributed by atoms with Gasteiger partial charge in [-0.2, -0.15) is 0 Å². The predicted octanol–water partition coefficient (Wildman–Crippen LogP) is 4.01. The highest BCUT2D eigenvalue weighted by molar-refractivity contribution is 7.98. The summed E-state index contributed by atoms with van der Waals surface area (Å²) in [7, 11) is 1.64. The third-order valence-corrected chi connectivity index (χ3v) is 7.00. The minimum atomic E-state index is -0.0146. The van der Waals surface area contributed by atoms with Crippen molar-refractivity contribution in [3.8, 4) is 5.75 Å². The van der Waals surface area contributed by atoms with Gasteiger partial charge in [-0.1, -0.05) is 23.5 Å².